The number of aromatic nitrogens is 6. The van der Waals surface area contributed by atoms with E-state index in [-0.39, 0.29) is 121 Å². The number of alkyl halides is 6. The van der Waals surface area contributed by atoms with Crippen molar-refractivity contribution in [2.45, 2.75) is 70.9 Å². The topological polar surface area (TPSA) is 231 Å². The first-order valence-electron chi connectivity index (χ1n) is 17.1. The maximum atomic E-state index is 13.9. The molecule has 4 heterocycles. The minimum atomic E-state index is -4.76. The second-order valence-corrected chi connectivity index (χ2v) is 13.0. The normalized spacial score (nSPS) is 14.4. The summed E-state index contributed by atoms with van der Waals surface area (Å²) < 4.78 is 159. The largest absolute Gasteiger partial charge is 1.00 e. The van der Waals surface area contributed by atoms with E-state index < -0.39 is 129 Å². The van der Waals surface area contributed by atoms with Gasteiger partial charge < -0.3 is 24.0 Å². The molecule has 2 aromatic heterocycles. The van der Waals surface area contributed by atoms with Crippen LogP contribution in [0.3, 0.4) is 0 Å². The Morgan fingerprint density at radius 1 is 0.723 bits per heavy atom. The number of benzene rings is 2. The average molecular weight is 969 g/mol. The molecule has 6 rings (SSSR count). The average Bonchev–Trinajstić information content (AvgIpc) is 3.85. The fraction of sp³-hybridized carbons (Fsp3) is 0.394. The van der Waals surface area contributed by atoms with E-state index in [2.05, 4.69) is 28.0 Å². The molecule has 2 unspecified atom stereocenters. The number of nitro groups is 2. The van der Waals surface area contributed by atoms with Gasteiger partial charge >= 0.3 is 76.7 Å². The number of carbonyl (C=O) groups is 2. The number of fused-ring (bicyclic) bond motifs is 2. The molecule has 2 amide bonds. The van der Waals surface area contributed by atoms with Crippen LogP contribution >= 0.6 is 0 Å². The van der Waals surface area contributed by atoms with Crippen molar-refractivity contribution in [2.24, 2.45) is 0 Å². The van der Waals surface area contributed by atoms with E-state index in [1.165, 1.54) is 0 Å². The van der Waals surface area contributed by atoms with E-state index in [0.717, 1.165) is 18.9 Å². The molecule has 2 aliphatic heterocycles. The molecule has 0 fully saturated rings. The summed E-state index contributed by atoms with van der Waals surface area (Å²) in [6, 6.07) is -1.17. The molecule has 2 atom stereocenters. The fourth-order valence-electron chi connectivity index (χ4n) is 6.01. The Bertz CT molecular complexity index is 2440. The molecule has 2 aliphatic rings. The Hall–Kier alpha value is -5.18. The molecule has 1 radical (unpaired) electrons. The zero-order valence-electron chi connectivity index (χ0n) is 32.1. The van der Waals surface area contributed by atoms with Gasteiger partial charge in [-0.1, -0.05) is 7.43 Å². The molecular weight excluding hydrogens is 940 g/mol. The molecule has 0 saturated carbocycles. The van der Waals surface area contributed by atoms with Crippen LogP contribution in [0.1, 0.15) is 60.8 Å². The van der Waals surface area contributed by atoms with Crippen LogP contribution in [0.5, 0.6) is 0 Å². The van der Waals surface area contributed by atoms with Gasteiger partial charge in [0, 0.05) is 60.4 Å². The van der Waals surface area contributed by atoms with Crippen LogP contribution in [0, 0.1) is 55.1 Å². The summed E-state index contributed by atoms with van der Waals surface area (Å²) in [6.45, 7) is -1.86. The number of amides is 2. The van der Waals surface area contributed by atoms with E-state index in [0.29, 0.717) is 12.1 Å². The number of carbonyl (C=O) groups excluding carboxylic acids is 2. The molecule has 0 bridgehead atoms. The van der Waals surface area contributed by atoms with E-state index in [9.17, 15) is 87.6 Å². The third kappa shape index (κ3) is 13.5. The van der Waals surface area contributed by atoms with Gasteiger partial charge in [-0.25, -0.2) is 26.3 Å². The zero-order chi connectivity index (χ0) is 47.3. The first kappa shape index (κ1) is 56.0. The maximum absolute atomic E-state index is 13.9. The quantitative estimate of drug-likeness (QED) is 0.0840. The van der Waals surface area contributed by atoms with Crippen LogP contribution in [0.4, 0.5) is 52.7 Å². The minimum Gasteiger partial charge on any atom is 1.00 e. The summed E-state index contributed by atoms with van der Waals surface area (Å²) in [7, 11) is 3.50. The van der Waals surface area contributed by atoms with Crippen LogP contribution in [-0.2, 0) is 48.1 Å². The number of halogens is 12. The van der Waals surface area contributed by atoms with Crippen molar-refractivity contribution in [1.29, 1.82) is 0 Å². The van der Waals surface area contributed by atoms with E-state index in [4.69, 9.17) is 5.31 Å². The van der Waals surface area contributed by atoms with E-state index in [1.54, 1.807) is 0 Å². The van der Waals surface area contributed by atoms with Gasteiger partial charge in [-0.15, -0.1) is 20.4 Å². The molecule has 345 valence electrons. The van der Waals surface area contributed by atoms with Crippen molar-refractivity contribution in [1.82, 2.24) is 39.3 Å². The van der Waals surface area contributed by atoms with E-state index >= 15 is 0 Å². The Labute approximate surface area is 399 Å². The predicted molar refractivity (Wildman–Crippen MR) is 189 cm³/mol. The smallest absolute Gasteiger partial charge is 1.00 e. The van der Waals surface area contributed by atoms with Crippen molar-refractivity contribution < 1.29 is 129 Å². The number of nitrogens with zero attached hydrogens (tertiary/aromatic N) is 11. The van der Waals surface area contributed by atoms with E-state index in [1.807, 2.05) is 0 Å². The van der Waals surface area contributed by atoms with Crippen LogP contribution < -0.4 is 51.4 Å². The van der Waals surface area contributed by atoms with Crippen molar-refractivity contribution in [3.05, 3.63) is 125 Å². The molecule has 4 aromatic rings. The number of hydrogen-bond acceptors (Lipinski definition) is 11. The van der Waals surface area contributed by atoms with Gasteiger partial charge in [0.2, 0.25) is 23.5 Å². The zero-order valence-corrected chi connectivity index (χ0v) is 35.3. The number of rotatable bonds is 9. The molecule has 2 aromatic carbocycles. The van der Waals surface area contributed by atoms with Gasteiger partial charge in [0.15, 0.2) is 34.9 Å². The van der Waals surface area contributed by atoms with Gasteiger partial charge in [-0.3, -0.25) is 29.8 Å². The summed E-state index contributed by atoms with van der Waals surface area (Å²) in [5.74, 6) is -13.4. The molecule has 32 heteroatoms. The Balaban J connectivity index is 0.000000418. The monoisotopic (exact) mass is 968 g/mol. The van der Waals surface area contributed by atoms with Crippen molar-refractivity contribution in [2.75, 3.05) is 13.1 Å². The summed E-state index contributed by atoms with van der Waals surface area (Å²) in [5, 5.41) is 52.1. The molecule has 0 spiro atoms. The molecule has 1 N–H and O–H groups in total. The molecule has 0 saturated heterocycles. The second-order valence-electron chi connectivity index (χ2n) is 13.0. The number of aliphatic hydroxyl groups excluding tert-OH is 1. The van der Waals surface area contributed by atoms with Gasteiger partial charge in [0.05, 0.1) is 24.4 Å². The van der Waals surface area contributed by atoms with Crippen LogP contribution in [0.25, 0.3) is 11.4 Å². The summed E-state index contributed by atoms with van der Waals surface area (Å²) in [6.07, 6.45) is -13.0. The second kappa shape index (κ2) is 22.8. The van der Waals surface area contributed by atoms with Crippen molar-refractivity contribution >= 4 is 25.5 Å². The minimum absolute atomic E-state index is 0. The van der Waals surface area contributed by atoms with Gasteiger partial charge in [-0.2, -0.15) is 26.3 Å². The van der Waals surface area contributed by atoms with Gasteiger partial charge in [0.25, 0.3) is 11.7 Å². The Morgan fingerprint density at radius 2 is 1.15 bits per heavy atom. The fourth-order valence-corrected chi connectivity index (χ4v) is 6.01. The summed E-state index contributed by atoms with van der Waals surface area (Å²) >= 11 is 0. The summed E-state index contributed by atoms with van der Waals surface area (Å²) in [5.41, 5.74) is -2.36. The number of aliphatic hydroxyl groups is 1. The van der Waals surface area contributed by atoms with Gasteiger partial charge in [0.1, 0.15) is 24.2 Å². The first-order chi connectivity index (χ1) is 29.4. The maximum Gasteiger partial charge on any atom is 1.00 e. The van der Waals surface area contributed by atoms with Crippen molar-refractivity contribution in [3.63, 3.8) is 0 Å². The van der Waals surface area contributed by atoms with Crippen molar-refractivity contribution in [3.8, 4) is 0 Å². The van der Waals surface area contributed by atoms with Crippen LogP contribution in [-0.4, -0.2) is 92.9 Å². The molecule has 65 heavy (non-hydrogen) atoms. The summed E-state index contributed by atoms with van der Waals surface area (Å²) in [4.78, 5) is 47.3. The molecule has 0 aliphatic carbocycles. The molecular formula is C33H28BF12KN11O7. The number of hydrogen-bond donors (Lipinski definition) is 1. The standard InChI is InChI=1S/C16H13F6N5O4.C16H11F6N5O3.CH4.BN.K/c17-8-4-10(19)9(18)3-7(8)14(29)11(27(30)31)5-13(28)25-1-2-26-12(6-25)23-24-15(26)16(20,21)22;17-10-6-12(19)11(18)4-8(10)3-9(27(29)30)5-14(28)25-1-2-26-13(7-25)23-24-15(26)16(20,21)22;;1-2;/h3-4,11,14,29H,1-2,5-6H2;3-4,6H,1-2,5,7H2;1H4;;/q;;;-1;+1. The van der Waals surface area contributed by atoms with Crippen LogP contribution in [0.2, 0.25) is 0 Å². The van der Waals surface area contributed by atoms with Gasteiger partial charge in [-0.05, 0) is 12.1 Å². The van der Waals surface area contributed by atoms with Crippen LogP contribution in [0.15, 0.2) is 30.0 Å². The Morgan fingerprint density at radius 3 is 1.60 bits per heavy atom. The Kier molecular flexibility index (Phi) is 19.6. The SMILES string of the molecule is C.O=C(CC(=Cc1cc(F)c(F)cc1F)[N+](=O)[O-])N1CCn2c(nnc2C(F)(F)F)C1.O=C(CC(C(O)c1cc(F)c(F)cc1F)[N+](=O)[O-])N1CCn2c(nnc2C(F)(F)F)C1.[B]=[N-].[K+]. The molecule has 18 nitrogen and oxygen atoms in total. The third-order valence-corrected chi connectivity index (χ3v) is 9.02. The predicted octanol–water partition coefficient (Wildman–Crippen LogP) is 2.14. The third-order valence-electron chi connectivity index (χ3n) is 9.02. The first-order valence-corrected chi connectivity index (χ1v) is 17.1.